The second-order valence-electron chi connectivity index (χ2n) is 5.15. The number of aromatic nitrogens is 1. The number of anilines is 1. The van der Waals surface area contributed by atoms with E-state index in [9.17, 15) is 4.79 Å². The monoisotopic (exact) mass is 338 g/mol. The van der Waals surface area contributed by atoms with Crippen molar-refractivity contribution in [2.45, 2.75) is 19.8 Å². The second-order valence-corrected chi connectivity index (χ2v) is 6.76. The predicted molar refractivity (Wildman–Crippen MR) is 86.6 cm³/mol. The van der Waals surface area contributed by atoms with Gasteiger partial charge in [-0.15, -0.1) is 11.3 Å². The molecule has 0 unspecified atom stereocenters. The van der Waals surface area contributed by atoms with Crippen LogP contribution in [0.25, 0.3) is 0 Å². The van der Waals surface area contributed by atoms with Gasteiger partial charge in [0, 0.05) is 16.6 Å². The first-order valence-electron chi connectivity index (χ1n) is 6.92. The summed E-state index contributed by atoms with van der Waals surface area (Å²) in [6.07, 6.45) is 0. The lowest BCUT2D eigenvalue weighted by atomic mass is 10.1. The van der Waals surface area contributed by atoms with Crippen molar-refractivity contribution in [1.82, 2.24) is 4.98 Å². The highest BCUT2D eigenvalue weighted by molar-refractivity contribution is 7.16. The van der Waals surface area contributed by atoms with Crippen LogP contribution in [0.1, 0.15) is 35.1 Å². The van der Waals surface area contributed by atoms with Crippen LogP contribution < -0.4 is 14.8 Å². The molecule has 0 fully saturated rings. The van der Waals surface area contributed by atoms with Crippen molar-refractivity contribution >= 4 is 34.5 Å². The second kappa shape index (κ2) is 6.14. The van der Waals surface area contributed by atoms with Crippen molar-refractivity contribution in [3.8, 4) is 11.5 Å². The maximum Gasteiger partial charge on any atom is 0.275 e. The van der Waals surface area contributed by atoms with E-state index in [-0.39, 0.29) is 11.8 Å². The highest BCUT2D eigenvalue weighted by Gasteiger charge is 2.20. The van der Waals surface area contributed by atoms with Gasteiger partial charge in [0.1, 0.15) is 18.9 Å². The zero-order chi connectivity index (χ0) is 15.7. The van der Waals surface area contributed by atoms with Crippen LogP contribution in [0.3, 0.4) is 0 Å². The zero-order valence-electron chi connectivity index (χ0n) is 12.2. The normalized spacial score (nSPS) is 13.3. The van der Waals surface area contributed by atoms with E-state index < -0.39 is 0 Å². The van der Waals surface area contributed by atoms with Gasteiger partial charge in [0.05, 0.1) is 0 Å². The molecule has 116 valence electrons. The molecule has 0 saturated carbocycles. The number of carbonyl (C=O) groups is 1. The average molecular weight is 339 g/mol. The first-order chi connectivity index (χ1) is 10.5. The first kappa shape index (κ1) is 15.1. The Balaban J connectivity index is 1.82. The summed E-state index contributed by atoms with van der Waals surface area (Å²) in [5.41, 5.74) is 1.01. The van der Waals surface area contributed by atoms with Gasteiger partial charge in [-0.25, -0.2) is 4.98 Å². The maximum atomic E-state index is 12.4. The lowest BCUT2D eigenvalue weighted by molar-refractivity contribution is 0.102. The van der Waals surface area contributed by atoms with Gasteiger partial charge in [0.25, 0.3) is 5.91 Å². The lowest BCUT2D eigenvalue weighted by Gasteiger charge is -2.19. The summed E-state index contributed by atoms with van der Waals surface area (Å²) in [7, 11) is 0. The predicted octanol–water partition coefficient (Wildman–Crippen LogP) is 3.94. The van der Waals surface area contributed by atoms with E-state index in [0.29, 0.717) is 40.6 Å². The minimum absolute atomic E-state index is 0.186. The molecule has 7 heteroatoms. The third-order valence-electron chi connectivity index (χ3n) is 3.17. The van der Waals surface area contributed by atoms with Crippen LogP contribution >= 0.6 is 22.9 Å². The molecule has 0 saturated heterocycles. The fourth-order valence-corrected chi connectivity index (χ4v) is 3.29. The van der Waals surface area contributed by atoms with E-state index in [1.54, 1.807) is 18.2 Å². The molecule has 0 spiro atoms. The minimum atomic E-state index is -0.275. The third kappa shape index (κ3) is 3.03. The molecule has 0 bridgehead atoms. The van der Waals surface area contributed by atoms with Gasteiger partial charge in [0.2, 0.25) is 0 Å². The summed E-state index contributed by atoms with van der Waals surface area (Å²) >= 11 is 7.28. The lowest BCUT2D eigenvalue weighted by Crippen LogP contribution is -2.17. The fraction of sp³-hybridized carbons (Fsp3) is 0.333. The highest BCUT2D eigenvalue weighted by atomic mass is 35.5. The van der Waals surface area contributed by atoms with Crippen LogP contribution in [0.2, 0.25) is 4.47 Å². The van der Waals surface area contributed by atoms with E-state index in [2.05, 4.69) is 10.3 Å². The Hall–Kier alpha value is -1.79. The number of ether oxygens (including phenoxy) is 2. The van der Waals surface area contributed by atoms with Crippen LogP contribution in [0.4, 0.5) is 5.69 Å². The number of thiazole rings is 1. The fourth-order valence-electron chi connectivity index (χ4n) is 2.17. The molecule has 1 aromatic carbocycles. The number of fused-ring (bicyclic) bond motifs is 1. The number of hydrogen-bond acceptors (Lipinski definition) is 5. The van der Waals surface area contributed by atoms with Crippen molar-refractivity contribution < 1.29 is 14.3 Å². The Kier molecular flexibility index (Phi) is 4.22. The van der Waals surface area contributed by atoms with Gasteiger partial charge in [-0.1, -0.05) is 25.4 Å². The third-order valence-corrected chi connectivity index (χ3v) is 4.63. The molecule has 1 aliphatic rings. The molecular formula is C15H15ClN2O3S. The van der Waals surface area contributed by atoms with Crippen LogP contribution in [0.5, 0.6) is 11.5 Å². The van der Waals surface area contributed by atoms with Crippen molar-refractivity contribution in [2.24, 2.45) is 0 Å². The molecule has 1 aliphatic heterocycles. The van der Waals surface area contributed by atoms with Crippen molar-refractivity contribution in [1.29, 1.82) is 0 Å². The number of halogens is 1. The molecule has 5 nitrogen and oxygen atoms in total. The quantitative estimate of drug-likeness (QED) is 0.920. The number of carbonyl (C=O) groups excluding carboxylic acids is 1. The zero-order valence-corrected chi connectivity index (χ0v) is 13.8. The molecule has 0 radical (unpaired) electrons. The van der Waals surface area contributed by atoms with Crippen molar-refractivity contribution in [3.63, 3.8) is 0 Å². The van der Waals surface area contributed by atoms with E-state index >= 15 is 0 Å². The van der Waals surface area contributed by atoms with Crippen molar-refractivity contribution in [2.75, 3.05) is 18.5 Å². The first-order valence-corrected chi connectivity index (χ1v) is 8.11. The van der Waals surface area contributed by atoms with E-state index in [1.165, 1.54) is 11.3 Å². The summed E-state index contributed by atoms with van der Waals surface area (Å²) < 4.78 is 11.3. The molecule has 0 atom stereocenters. The Morgan fingerprint density at radius 3 is 2.77 bits per heavy atom. The number of hydrogen-bond donors (Lipinski definition) is 1. The molecular weight excluding hydrogens is 324 g/mol. The van der Waals surface area contributed by atoms with Crippen molar-refractivity contribution in [3.05, 3.63) is 33.2 Å². The topological polar surface area (TPSA) is 60.5 Å². The number of benzene rings is 1. The summed E-state index contributed by atoms with van der Waals surface area (Å²) in [4.78, 5) is 17.4. The van der Waals surface area contributed by atoms with Gasteiger partial charge < -0.3 is 14.8 Å². The van der Waals surface area contributed by atoms with E-state index in [4.69, 9.17) is 21.1 Å². The Morgan fingerprint density at radius 1 is 1.32 bits per heavy atom. The summed E-state index contributed by atoms with van der Waals surface area (Å²) in [5, 5.41) is 2.83. The van der Waals surface area contributed by atoms with Gasteiger partial charge in [-0.3, -0.25) is 4.79 Å². The van der Waals surface area contributed by atoms with Crippen LogP contribution in [-0.2, 0) is 0 Å². The summed E-state index contributed by atoms with van der Waals surface area (Å²) in [6.45, 7) is 5.05. The molecule has 1 N–H and O–H groups in total. The highest BCUT2D eigenvalue weighted by Crippen LogP contribution is 2.33. The molecule has 3 rings (SSSR count). The number of nitrogens with zero attached hydrogens (tertiary/aromatic N) is 1. The Bertz CT molecular complexity index is 715. The average Bonchev–Trinajstić information content (AvgIpc) is 2.89. The molecule has 2 aromatic rings. The molecule has 1 amide bonds. The summed E-state index contributed by atoms with van der Waals surface area (Å²) in [6, 6.07) is 5.30. The van der Waals surface area contributed by atoms with Crippen LogP contribution in [0.15, 0.2) is 18.2 Å². The van der Waals surface area contributed by atoms with Gasteiger partial charge in [0.15, 0.2) is 16.0 Å². The number of rotatable bonds is 3. The maximum absolute atomic E-state index is 12.4. The molecule has 2 heterocycles. The summed E-state index contributed by atoms with van der Waals surface area (Å²) in [5.74, 6) is 1.22. The van der Waals surface area contributed by atoms with Crippen LogP contribution in [-0.4, -0.2) is 24.1 Å². The number of nitrogens with one attached hydrogen (secondary N) is 1. The molecule has 22 heavy (non-hydrogen) atoms. The van der Waals surface area contributed by atoms with Gasteiger partial charge in [-0.05, 0) is 18.1 Å². The minimum Gasteiger partial charge on any atom is -0.486 e. The largest absolute Gasteiger partial charge is 0.486 e. The van der Waals surface area contributed by atoms with E-state index in [1.807, 2.05) is 13.8 Å². The molecule has 0 aliphatic carbocycles. The Morgan fingerprint density at radius 2 is 2.05 bits per heavy atom. The molecule has 1 aromatic heterocycles. The Labute approximate surface area is 137 Å². The van der Waals surface area contributed by atoms with E-state index in [0.717, 1.165) is 4.88 Å². The van der Waals surface area contributed by atoms with Gasteiger partial charge in [-0.2, -0.15) is 0 Å². The SMILES string of the molecule is CC(C)c1sc(Cl)nc1C(=O)Nc1ccc2c(c1)OCCO2. The number of amides is 1. The van der Waals surface area contributed by atoms with Crippen LogP contribution in [0, 0.1) is 0 Å². The standard InChI is InChI=1S/C15H15ClN2O3S/c1-8(2)13-12(18-15(16)22-13)14(19)17-9-3-4-10-11(7-9)21-6-5-20-10/h3-4,7-8H,5-6H2,1-2H3,(H,17,19). The smallest absolute Gasteiger partial charge is 0.275 e. The van der Waals surface area contributed by atoms with Gasteiger partial charge >= 0.3 is 0 Å².